The number of ether oxygens (including phenoxy) is 2. The first-order valence-corrected chi connectivity index (χ1v) is 7.13. The van der Waals surface area contributed by atoms with Crippen molar-refractivity contribution in [2.24, 2.45) is 0 Å². The van der Waals surface area contributed by atoms with Gasteiger partial charge in [-0.3, -0.25) is 0 Å². The monoisotopic (exact) mass is 312 g/mol. The molecule has 0 unspecified atom stereocenters. The third kappa shape index (κ3) is 2.01. The minimum absolute atomic E-state index is 0.279. The summed E-state index contributed by atoms with van der Waals surface area (Å²) in [6.45, 7) is 4.57. The highest BCUT2D eigenvalue weighted by Gasteiger charge is 2.41. The third-order valence-electron chi connectivity index (χ3n) is 3.65. The van der Waals surface area contributed by atoms with Crippen molar-refractivity contribution in [2.75, 3.05) is 6.79 Å². The van der Waals surface area contributed by atoms with Crippen LogP contribution < -0.4 is 9.47 Å². The molecule has 3 nitrogen and oxygen atoms in total. The Labute approximate surface area is 115 Å². The molecule has 0 aromatic heterocycles. The van der Waals surface area contributed by atoms with Gasteiger partial charge in [-0.15, -0.1) is 0 Å². The molecule has 1 aliphatic heterocycles. The number of aliphatic hydroxyl groups is 1. The van der Waals surface area contributed by atoms with Gasteiger partial charge >= 0.3 is 0 Å². The molecule has 1 N–H and O–H groups in total. The zero-order chi connectivity index (χ0) is 12.9. The second-order valence-electron chi connectivity index (χ2n) is 5.55. The van der Waals surface area contributed by atoms with Gasteiger partial charge in [-0.1, -0.05) is 13.8 Å². The Kier molecular flexibility index (Phi) is 2.83. The predicted molar refractivity (Wildman–Crippen MR) is 72.2 cm³/mol. The molecule has 1 aromatic rings. The van der Waals surface area contributed by atoms with Crippen molar-refractivity contribution in [2.45, 2.75) is 44.6 Å². The predicted octanol–water partition coefficient (Wildman–Crippen LogP) is 3.37. The van der Waals surface area contributed by atoms with Gasteiger partial charge in [0.15, 0.2) is 11.5 Å². The average Bonchev–Trinajstić information content (AvgIpc) is 2.82. The van der Waals surface area contributed by atoms with E-state index >= 15 is 0 Å². The maximum atomic E-state index is 10.1. The summed E-state index contributed by atoms with van der Waals surface area (Å²) in [6.07, 6.45) is 2.50. The first kappa shape index (κ1) is 12.3. The molecule has 1 aliphatic carbocycles. The topological polar surface area (TPSA) is 38.7 Å². The van der Waals surface area contributed by atoms with Gasteiger partial charge in [0.05, 0.1) is 10.1 Å². The Hall–Kier alpha value is -0.740. The smallest absolute Gasteiger partial charge is 0.231 e. The van der Waals surface area contributed by atoms with Crippen LogP contribution in [0.5, 0.6) is 11.5 Å². The highest BCUT2D eigenvalue weighted by Crippen LogP contribution is 2.48. The maximum absolute atomic E-state index is 10.1. The van der Waals surface area contributed by atoms with Crippen molar-refractivity contribution in [3.63, 3.8) is 0 Å². The molecule has 0 saturated heterocycles. The lowest BCUT2D eigenvalue weighted by molar-refractivity contribution is 0.150. The molecule has 2 aliphatic rings. The summed E-state index contributed by atoms with van der Waals surface area (Å²) in [6, 6.07) is 2.07. The van der Waals surface area contributed by atoms with Crippen LogP contribution in [0.4, 0.5) is 0 Å². The van der Waals surface area contributed by atoms with E-state index in [1.807, 2.05) is 0 Å². The zero-order valence-corrected chi connectivity index (χ0v) is 12.2. The summed E-state index contributed by atoms with van der Waals surface area (Å²) in [5, 5.41) is 10.1. The van der Waals surface area contributed by atoms with Gasteiger partial charge in [0.1, 0.15) is 0 Å². The van der Waals surface area contributed by atoms with Gasteiger partial charge in [0.2, 0.25) is 6.79 Å². The number of halogens is 1. The van der Waals surface area contributed by atoms with Crippen molar-refractivity contribution >= 4 is 15.9 Å². The molecule has 1 fully saturated rings. The Morgan fingerprint density at radius 1 is 1.33 bits per heavy atom. The molecule has 4 heteroatoms. The van der Waals surface area contributed by atoms with Crippen LogP contribution in [0, 0.1) is 0 Å². The summed E-state index contributed by atoms with van der Waals surface area (Å²) in [7, 11) is 0. The quantitative estimate of drug-likeness (QED) is 0.930. The molecule has 98 valence electrons. The van der Waals surface area contributed by atoms with E-state index in [0.717, 1.165) is 28.8 Å². The van der Waals surface area contributed by atoms with E-state index in [1.54, 1.807) is 0 Å². The minimum Gasteiger partial charge on any atom is -0.453 e. The highest BCUT2D eigenvalue weighted by atomic mass is 79.9. The fourth-order valence-electron chi connectivity index (χ4n) is 2.55. The van der Waals surface area contributed by atoms with Crippen LogP contribution in [0.15, 0.2) is 10.5 Å². The summed E-state index contributed by atoms with van der Waals surface area (Å²) in [4.78, 5) is 0. The fourth-order valence-corrected chi connectivity index (χ4v) is 3.12. The van der Waals surface area contributed by atoms with E-state index in [0.29, 0.717) is 12.3 Å². The minimum atomic E-state index is -0.489. The van der Waals surface area contributed by atoms with Crippen molar-refractivity contribution < 1.29 is 14.6 Å². The van der Waals surface area contributed by atoms with E-state index < -0.39 is 5.60 Å². The standard InChI is InChI=1S/C14H17BrO3/c1-8(2)11-9(6-14(16)3-4-14)5-10(15)12-13(11)18-7-17-12/h5,8,16H,3-4,6-7H2,1-2H3. The molecule has 0 amide bonds. The Morgan fingerprint density at radius 2 is 2.00 bits per heavy atom. The maximum Gasteiger partial charge on any atom is 0.231 e. The summed E-state index contributed by atoms with van der Waals surface area (Å²) < 4.78 is 12.0. The SMILES string of the molecule is CC(C)c1c(CC2(O)CC2)cc(Br)c2c1OCO2. The molecule has 1 heterocycles. The van der Waals surface area contributed by atoms with Crippen molar-refractivity contribution in [1.29, 1.82) is 0 Å². The molecule has 0 bridgehead atoms. The van der Waals surface area contributed by atoms with Crippen LogP contribution >= 0.6 is 15.9 Å². The number of rotatable bonds is 3. The van der Waals surface area contributed by atoms with E-state index in [9.17, 15) is 5.11 Å². The molecule has 1 saturated carbocycles. The Balaban J connectivity index is 2.09. The molecule has 0 spiro atoms. The molecule has 3 rings (SSSR count). The number of hydrogen-bond donors (Lipinski definition) is 1. The lowest BCUT2D eigenvalue weighted by atomic mass is 9.92. The van der Waals surface area contributed by atoms with Crippen molar-refractivity contribution in [3.8, 4) is 11.5 Å². The normalized spacial score (nSPS) is 19.4. The number of fused-ring (bicyclic) bond motifs is 1. The Bertz CT molecular complexity index is 492. The first-order chi connectivity index (χ1) is 8.50. The van der Waals surface area contributed by atoms with Crippen LogP contribution in [-0.2, 0) is 6.42 Å². The molecule has 18 heavy (non-hydrogen) atoms. The molecular formula is C14H17BrO3. The van der Waals surface area contributed by atoms with Crippen LogP contribution in [0.2, 0.25) is 0 Å². The zero-order valence-electron chi connectivity index (χ0n) is 10.6. The third-order valence-corrected chi connectivity index (χ3v) is 4.23. The van der Waals surface area contributed by atoms with Gasteiger partial charge in [0, 0.05) is 12.0 Å². The molecule has 0 radical (unpaired) electrons. The molecule has 1 aromatic carbocycles. The van der Waals surface area contributed by atoms with Crippen LogP contribution in [0.1, 0.15) is 43.7 Å². The van der Waals surface area contributed by atoms with Gasteiger partial charge in [-0.05, 0) is 46.3 Å². The number of hydrogen-bond acceptors (Lipinski definition) is 3. The summed E-state index contributed by atoms with van der Waals surface area (Å²) in [5.74, 6) is 2.00. The second-order valence-corrected chi connectivity index (χ2v) is 6.41. The van der Waals surface area contributed by atoms with E-state index in [2.05, 4.69) is 35.8 Å². The Morgan fingerprint density at radius 3 is 2.61 bits per heavy atom. The van der Waals surface area contributed by atoms with Crippen LogP contribution in [0.3, 0.4) is 0 Å². The fraction of sp³-hybridized carbons (Fsp3) is 0.571. The van der Waals surface area contributed by atoms with Crippen molar-refractivity contribution in [1.82, 2.24) is 0 Å². The first-order valence-electron chi connectivity index (χ1n) is 6.33. The van der Waals surface area contributed by atoms with E-state index in [4.69, 9.17) is 9.47 Å². The van der Waals surface area contributed by atoms with Crippen LogP contribution in [0.25, 0.3) is 0 Å². The highest BCUT2D eigenvalue weighted by molar-refractivity contribution is 9.10. The number of benzene rings is 1. The molecular weight excluding hydrogens is 296 g/mol. The second kappa shape index (κ2) is 4.14. The largest absolute Gasteiger partial charge is 0.453 e. The average molecular weight is 313 g/mol. The van der Waals surface area contributed by atoms with E-state index in [1.165, 1.54) is 11.1 Å². The van der Waals surface area contributed by atoms with Gasteiger partial charge < -0.3 is 14.6 Å². The van der Waals surface area contributed by atoms with E-state index in [-0.39, 0.29) is 6.79 Å². The summed E-state index contributed by atoms with van der Waals surface area (Å²) >= 11 is 3.52. The van der Waals surface area contributed by atoms with Gasteiger partial charge in [-0.25, -0.2) is 0 Å². The molecule has 0 atom stereocenters. The van der Waals surface area contributed by atoms with Gasteiger partial charge in [0.25, 0.3) is 0 Å². The van der Waals surface area contributed by atoms with Crippen molar-refractivity contribution in [3.05, 3.63) is 21.7 Å². The lowest BCUT2D eigenvalue weighted by Gasteiger charge is -2.18. The van der Waals surface area contributed by atoms with Crippen LogP contribution in [-0.4, -0.2) is 17.5 Å². The summed E-state index contributed by atoms with van der Waals surface area (Å²) in [5.41, 5.74) is 1.85. The lowest BCUT2D eigenvalue weighted by Crippen LogP contribution is -2.13. The van der Waals surface area contributed by atoms with Gasteiger partial charge in [-0.2, -0.15) is 0 Å².